The van der Waals surface area contributed by atoms with Crippen LogP contribution in [0, 0.1) is 0 Å². The molecule has 0 aromatic heterocycles. The van der Waals surface area contributed by atoms with Crippen molar-refractivity contribution >= 4 is 54.0 Å². The minimum atomic E-state index is -1.94. The number of carboxylic acids is 3. The molecule has 31 nitrogen and oxygen atoms in total. The molecule has 0 heterocycles. The molecule has 0 saturated carbocycles. The van der Waals surface area contributed by atoms with Gasteiger partial charge < -0.3 is 97.3 Å². The van der Waals surface area contributed by atoms with Crippen molar-refractivity contribution in [2.45, 2.75) is 48.8 Å². The van der Waals surface area contributed by atoms with Gasteiger partial charge in [-0.3, -0.25) is 48.3 Å². The van der Waals surface area contributed by atoms with Crippen LogP contribution in [0.2, 0.25) is 0 Å². The van der Waals surface area contributed by atoms with E-state index in [1.807, 2.05) is 0 Å². The van der Waals surface area contributed by atoms with Crippen LogP contribution in [0.15, 0.2) is 10.3 Å². The number of nitrogens with zero attached hydrogens (tertiary/aromatic N) is 5. The molecule has 0 rings (SSSR count). The Morgan fingerprint density at radius 1 is 0.446 bits per heavy atom. The number of oxime groups is 2. The summed E-state index contributed by atoms with van der Waals surface area (Å²) in [6.07, 6.45) is -13.6. The van der Waals surface area contributed by atoms with E-state index in [-0.39, 0.29) is 52.4 Å². The Morgan fingerprint density at radius 2 is 0.738 bits per heavy atom. The Bertz CT molecular complexity index is 1410. The van der Waals surface area contributed by atoms with Crippen LogP contribution >= 0.6 is 0 Å². The minimum Gasteiger partial charge on any atom is -0.480 e. The minimum absolute atomic E-state index is 0.116. The van der Waals surface area contributed by atoms with Crippen LogP contribution in [0.25, 0.3) is 0 Å². The molecular formula is C34H61N9O22. The van der Waals surface area contributed by atoms with Crippen molar-refractivity contribution in [3.8, 4) is 0 Å². The summed E-state index contributed by atoms with van der Waals surface area (Å²) in [6.45, 7) is -6.96. The molecule has 0 saturated heterocycles. The lowest BCUT2D eigenvalue weighted by Gasteiger charge is -2.28. The van der Waals surface area contributed by atoms with Crippen molar-refractivity contribution in [2.75, 3.05) is 112 Å². The SMILES string of the molecule is O=C(O)CN(CCN(CC(=O)O)CC(=O)NCCNC(=O)CO/N=C/[C@@H](O)[C@@H](O)[C@@H](O)C(O)CO)CCN(CC(=O)O)CC(=O)NCCNC(=O)CO/N=C/[C@@H](O)[C@@H](O)[C@@H](O)C(O)CO. The van der Waals surface area contributed by atoms with Crippen LogP contribution in [-0.4, -0.2) is 295 Å². The molecule has 0 spiro atoms. The molecule has 0 aromatic rings. The number of hydrogen-bond donors (Lipinski definition) is 17. The highest BCUT2D eigenvalue weighted by molar-refractivity contribution is 5.80. The van der Waals surface area contributed by atoms with Crippen LogP contribution in [0.3, 0.4) is 0 Å². The number of aliphatic hydroxyl groups is 10. The van der Waals surface area contributed by atoms with Gasteiger partial charge in [0.1, 0.15) is 48.8 Å². The summed E-state index contributed by atoms with van der Waals surface area (Å²) in [7, 11) is 0. The van der Waals surface area contributed by atoms with Gasteiger partial charge in [-0.2, -0.15) is 0 Å². The van der Waals surface area contributed by atoms with Crippen molar-refractivity contribution in [1.29, 1.82) is 0 Å². The average Bonchev–Trinajstić information content (AvgIpc) is 3.25. The smallest absolute Gasteiger partial charge is 0.317 e. The lowest BCUT2D eigenvalue weighted by Crippen LogP contribution is -2.48. The van der Waals surface area contributed by atoms with Gasteiger partial charge >= 0.3 is 17.9 Å². The maximum absolute atomic E-state index is 12.6. The molecule has 2 unspecified atom stereocenters. The summed E-state index contributed by atoms with van der Waals surface area (Å²) < 4.78 is 0. The number of carbonyl (C=O) groups is 7. The molecule has 0 aliphatic heterocycles. The van der Waals surface area contributed by atoms with Crippen LogP contribution in [0.4, 0.5) is 0 Å². The fourth-order valence-electron chi connectivity index (χ4n) is 4.92. The summed E-state index contributed by atoms with van der Waals surface area (Å²) in [6, 6.07) is 0. The van der Waals surface area contributed by atoms with Crippen LogP contribution in [0.1, 0.15) is 0 Å². The molecule has 8 atom stereocenters. The first-order chi connectivity index (χ1) is 30.6. The standard InChI is InChI=1S/C34H61N9O22/c44-16-22(48)33(62)31(60)20(46)9-39-64-18-26(52)37-3-1-35-24(50)11-42(14-29(56)57)7-5-41(13-28(54)55)6-8-43(15-30(58)59)12-25(51)36-2-4-38-27(53)19-65-40-10-21(47)32(61)34(63)23(49)17-45/h9-10,20-23,31-34,44-49,60-63H,1-8,11-19H2,(H,35,50)(H,36,51)(H,37,52)(H,38,53)(H,54,55)(H,56,57)(H,58,59)/b39-9+,40-10+/t20-,21-,22?,23?,31-,32-,33+,34+/m1/s1. The van der Waals surface area contributed by atoms with E-state index in [0.29, 0.717) is 12.4 Å². The number of aliphatic hydroxyl groups excluding tert-OH is 10. The Hall–Kier alpha value is -5.29. The van der Waals surface area contributed by atoms with E-state index in [9.17, 15) is 89.7 Å². The van der Waals surface area contributed by atoms with Gasteiger partial charge in [-0.15, -0.1) is 0 Å². The zero-order valence-corrected chi connectivity index (χ0v) is 35.0. The molecule has 0 radical (unpaired) electrons. The van der Waals surface area contributed by atoms with E-state index in [1.54, 1.807) is 0 Å². The number of aliphatic carboxylic acids is 3. The molecule has 31 heteroatoms. The van der Waals surface area contributed by atoms with E-state index in [4.69, 9.17) is 10.2 Å². The predicted octanol–water partition coefficient (Wildman–Crippen LogP) is -11.5. The molecule has 65 heavy (non-hydrogen) atoms. The lowest BCUT2D eigenvalue weighted by molar-refractivity contribution is -0.141. The second-order valence-electron chi connectivity index (χ2n) is 13.8. The summed E-state index contributed by atoms with van der Waals surface area (Å²) in [5, 5.41) is 138. The van der Waals surface area contributed by atoms with Crippen LogP contribution in [0.5, 0.6) is 0 Å². The highest BCUT2D eigenvalue weighted by Gasteiger charge is 2.30. The van der Waals surface area contributed by atoms with Gasteiger partial charge in [-0.25, -0.2) is 0 Å². The number of rotatable bonds is 38. The molecule has 0 bridgehead atoms. The maximum Gasteiger partial charge on any atom is 0.317 e. The monoisotopic (exact) mass is 947 g/mol. The highest BCUT2D eigenvalue weighted by Crippen LogP contribution is 2.05. The zero-order chi connectivity index (χ0) is 49.5. The highest BCUT2D eigenvalue weighted by atomic mass is 16.6. The van der Waals surface area contributed by atoms with Gasteiger partial charge in [-0.05, 0) is 0 Å². The number of carbonyl (C=O) groups excluding carboxylic acids is 4. The molecule has 4 amide bonds. The van der Waals surface area contributed by atoms with Gasteiger partial charge in [0, 0.05) is 52.4 Å². The third-order valence-corrected chi connectivity index (χ3v) is 8.34. The van der Waals surface area contributed by atoms with Crippen molar-refractivity contribution in [3.63, 3.8) is 0 Å². The van der Waals surface area contributed by atoms with Crippen molar-refractivity contribution in [2.24, 2.45) is 10.3 Å². The second kappa shape index (κ2) is 34.1. The van der Waals surface area contributed by atoms with Crippen molar-refractivity contribution in [3.05, 3.63) is 0 Å². The Kier molecular flexibility index (Phi) is 31.3. The largest absolute Gasteiger partial charge is 0.480 e. The van der Waals surface area contributed by atoms with Gasteiger partial charge in [0.25, 0.3) is 11.8 Å². The van der Waals surface area contributed by atoms with Gasteiger partial charge in [0.05, 0.1) is 58.4 Å². The molecular weight excluding hydrogens is 886 g/mol. The predicted molar refractivity (Wildman–Crippen MR) is 215 cm³/mol. The van der Waals surface area contributed by atoms with Gasteiger partial charge in [0.2, 0.25) is 11.8 Å². The third kappa shape index (κ3) is 29.0. The quantitative estimate of drug-likeness (QED) is 0.0155. The first-order valence-electron chi connectivity index (χ1n) is 19.5. The first-order valence-corrected chi connectivity index (χ1v) is 19.5. The van der Waals surface area contributed by atoms with Gasteiger partial charge in [-0.1, -0.05) is 10.3 Å². The Balaban J connectivity index is 4.90. The summed E-state index contributed by atoms with van der Waals surface area (Å²) >= 11 is 0. The molecule has 0 aliphatic carbocycles. The second-order valence-corrected chi connectivity index (χ2v) is 13.8. The van der Waals surface area contributed by atoms with Crippen LogP contribution in [-0.2, 0) is 43.2 Å². The summed E-state index contributed by atoms with van der Waals surface area (Å²) in [4.78, 5) is 96.6. The lowest BCUT2D eigenvalue weighted by atomic mass is 10.0. The maximum atomic E-state index is 12.6. The van der Waals surface area contributed by atoms with E-state index in [0.717, 1.165) is 0 Å². The number of amides is 4. The third-order valence-electron chi connectivity index (χ3n) is 8.34. The van der Waals surface area contributed by atoms with Crippen LogP contribution < -0.4 is 21.3 Å². The molecule has 0 fully saturated rings. The number of hydrogen-bond acceptors (Lipinski definition) is 24. The van der Waals surface area contributed by atoms with Gasteiger partial charge in [0.15, 0.2) is 13.2 Å². The Labute approximate surface area is 370 Å². The van der Waals surface area contributed by atoms with Crippen molar-refractivity contribution < 1.29 is 110 Å². The van der Waals surface area contributed by atoms with E-state index >= 15 is 0 Å². The van der Waals surface area contributed by atoms with E-state index in [1.165, 1.54) is 14.7 Å². The molecule has 374 valence electrons. The van der Waals surface area contributed by atoms with E-state index in [2.05, 4.69) is 41.3 Å². The normalized spacial score (nSPS) is 15.5. The molecule has 0 aliphatic rings. The number of carboxylic acid groups (broad SMARTS) is 3. The fraction of sp³-hybridized carbons (Fsp3) is 0.735. The Morgan fingerprint density at radius 3 is 1.05 bits per heavy atom. The molecule has 0 aromatic carbocycles. The number of nitrogens with one attached hydrogen (secondary N) is 4. The fourth-order valence-corrected chi connectivity index (χ4v) is 4.92. The average molecular weight is 948 g/mol. The summed E-state index contributed by atoms with van der Waals surface area (Å²) in [5.41, 5.74) is 0. The van der Waals surface area contributed by atoms with E-state index < -0.39 is 150 Å². The summed E-state index contributed by atoms with van der Waals surface area (Å²) in [5.74, 6) is -6.72. The van der Waals surface area contributed by atoms with Crippen molar-refractivity contribution in [1.82, 2.24) is 36.0 Å². The first kappa shape index (κ1) is 59.7. The topological polar surface area (TPSA) is 484 Å². The zero-order valence-electron chi connectivity index (χ0n) is 35.0. The molecule has 17 N–H and O–H groups in total.